The van der Waals surface area contributed by atoms with Crippen molar-refractivity contribution >= 4 is 0 Å². The van der Waals surface area contributed by atoms with E-state index in [0.717, 1.165) is 5.92 Å². The summed E-state index contributed by atoms with van der Waals surface area (Å²) in [6.07, 6.45) is 3.82. The highest BCUT2D eigenvalue weighted by Gasteiger charge is 2.03. The molecule has 0 spiro atoms. The highest BCUT2D eigenvalue weighted by Crippen LogP contribution is 2.20. The van der Waals surface area contributed by atoms with E-state index in [9.17, 15) is 0 Å². The zero-order chi connectivity index (χ0) is 8.85. The molecule has 0 aliphatic carbocycles. The summed E-state index contributed by atoms with van der Waals surface area (Å²) >= 11 is 0. The Kier molecular flexibility index (Phi) is 5.27. The van der Waals surface area contributed by atoms with Crippen LogP contribution < -0.4 is 0 Å². The van der Waals surface area contributed by atoms with Gasteiger partial charge in [-0.25, -0.2) is 0 Å². The Labute approximate surface area is 71.7 Å². The zero-order valence-corrected chi connectivity index (χ0v) is 8.70. The molecule has 11 heavy (non-hydrogen) atoms. The minimum Gasteiger partial charge on any atom is -0.0741 e. The van der Waals surface area contributed by atoms with E-state index in [4.69, 9.17) is 0 Å². The molecule has 0 aromatic heterocycles. The summed E-state index contributed by atoms with van der Waals surface area (Å²) in [5.74, 6) is 0.779. The Bertz CT molecular complexity index is 131. The fraction of sp³-hybridized carbons (Fsp3) is 0.818. The maximum absolute atomic E-state index is 2.31. The Morgan fingerprint density at radius 3 is 2.09 bits per heavy atom. The molecule has 0 heteroatoms. The van der Waals surface area contributed by atoms with Crippen LogP contribution in [-0.4, -0.2) is 0 Å². The van der Waals surface area contributed by atoms with Crippen LogP contribution in [0, 0.1) is 5.92 Å². The zero-order valence-electron chi connectivity index (χ0n) is 8.70. The summed E-state index contributed by atoms with van der Waals surface area (Å²) in [4.78, 5) is 0. The number of allylic oxidation sites excluding steroid dienone is 2. The van der Waals surface area contributed by atoms with Crippen molar-refractivity contribution in [1.82, 2.24) is 0 Å². The second-order valence-electron chi connectivity index (χ2n) is 3.52. The van der Waals surface area contributed by atoms with E-state index in [0.29, 0.717) is 0 Å². The summed E-state index contributed by atoms with van der Waals surface area (Å²) < 4.78 is 0. The Hall–Kier alpha value is -0.260. The van der Waals surface area contributed by atoms with Gasteiger partial charge in [-0.05, 0) is 32.6 Å². The highest BCUT2D eigenvalue weighted by molar-refractivity contribution is 5.11. The van der Waals surface area contributed by atoms with Crippen LogP contribution in [0.15, 0.2) is 11.1 Å². The van der Waals surface area contributed by atoms with Crippen molar-refractivity contribution in [3.63, 3.8) is 0 Å². The largest absolute Gasteiger partial charge is 0.0741 e. The minimum absolute atomic E-state index is 0.779. The van der Waals surface area contributed by atoms with Gasteiger partial charge in [-0.3, -0.25) is 0 Å². The SMILES string of the molecule is CCCC(C)=C(C)C(C)CC. The molecule has 0 heterocycles. The van der Waals surface area contributed by atoms with E-state index < -0.39 is 0 Å². The van der Waals surface area contributed by atoms with Gasteiger partial charge in [-0.2, -0.15) is 0 Å². The number of rotatable bonds is 4. The maximum Gasteiger partial charge on any atom is -0.0234 e. The normalized spacial score (nSPS) is 16.1. The summed E-state index contributed by atoms with van der Waals surface area (Å²) in [5.41, 5.74) is 3.20. The van der Waals surface area contributed by atoms with Crippen molar-refractivity contribution in [3.8, 4) is 0 Å². The second-order valence-corrected chi connectivity index (χ2v) is 3.52. The molecule has 0 aliphatic rings. The molecule has 66 valence electrons. The minimum atomic E-state index is 0.779. The lowest BCUT2D eigenvalue weighted by atomic mass is 9.94. The molecule has 0 rings (SSSR count). The Morgan fingerprint density at radius 2 is 1.73 bits per heavy atom. The van der Waals surface area contributed by atoms with Crippen LogP contribution in [0.2, 0.25) is 0 Å². The quantitative estimate of drug-likeness (QED) is 0.533. The molecule has 1 atom stereocenters. The second kappa shape index (κ2) is 5.40. The topological polar surface area (TPSA) is 0 Å². The van der Waals surface area contributed by atoms with Crippen molar-refractivity contribution in [2.24, 2.45) is 5.92 Å². The number of hydrogen-bond donors (Lipinski definition) is 0. The molecule has 0 radical (unpaired) electrons. The van der Waals surface area contributed by atoms with Gasteiger partial charge in [0.05, 0.1) is 0 Å². The van der Waals surface area contributed by atoms with Gasteiger partial charge in [0.1, 0.15) is 0 Å². The maximum atomic E-state index is 2.31. The Balaban J connectivity index is 4.13. The summed E-state index contributed by atoms with van der Waals surface area (Å²) in [7, 11) is 0. The van der Waals surface area contributed by atoms with E-state index in [2.05, 4.69) is 34.6 Å². The van der Waals surface area contributed by atoms with Crippen LogP contribution >= 0.6 is 0 Å². The van der Waals surface area contributed by atoms with E-state index in [1.165, 1.54) is 19.3 Å². The van der Waals surface area contributed by atoms with Crippen LogP contribution in [0.1, 0.15) is 53.9 Å². The third-order valence-corrected chi connectivity index (χ3v) is 2.65. The van der Waals surface area contributed by atoms with E-state index in [1.807, 2.05) is 0 Å². The summed E-state index contributed by atoms with van der Waals surface area (Å²) in [6.45, 7) is 11.4. The van der Waals surface area contributed by atoms with Gasteiger partial charge in [-0.1, -0.05) is 38.3 Å². The standard InChI is InChI=1S/C11H22/c1-6-8-10(4)11(5)9(3)7-2/h9H,6-8H2,1-5H3. The van der Waals surface area contributed by atoms with Crippen LogP contribution in [0.4, 0.5) is 0 Å². The van der Waals surface area contributed by atoms with E-state index >= 15 is 0 Å². The predicted octanol–water partition coefficient (Wildman–Crippen LogP) is 4.17. The van der Waals surface area contributed by atoms with E-state index in [1.54, 1.807) is 11.1 Å². The van der Waals surface area contributed by atoms with Crippen molar-refractivity contribution < 1.29 is 0 Å². The molecule has 0 aromatic carbocycles. The van der Waals surface area contributed by atoms with Gasteiger partial charge in [0.25, 0.3) is 0 Å². The average molecular weight is 154 g/mol. The molecule has 0 saturated carbocycles. The van der Waals surface area contributed by atoms with Gasteiger partial charge in [-0.15, -0.1) is 0 Å². The van der Waals surface area contributed by atoms with E-state index in [-0.39, 0.29) is 0 Å². The lowest BCUT2D eigenvalue weighted by Crippen LogP contribution is -1.96. The van der Waals surface area contributed by atoms with Crippen molar-refractivity contribution in [3.05, 3.63) is 11.1 Å². The van der Waals surface area contributed by atoms with Gasteiger partial charge < -0.3 is 0 Å². The molecule has 0 amide bonds. The molecular formula is C11H22. The van der Waals surface area contributed by atoms with Crippen molar-refractivity contribution in [2.75, 3.05) is 0 Å². The molecule has 0 aliphatic heterocycles. The fourth-order valence-electron chi connectivity index (χ4n) is 1.30. The summed E-state index contributed by atoms with van der Waals surface area (Å²) in [6, 6.07) is 0. The molecule has 1 unspecified atom stereocenters. The first-order valence-electron chi connectivity index (χ1n) is 4.79. The Morgan fingerprint density at radius 1 is 1.18 bits per heavy atom. The van der Waals surface area contributed by atoms with Gasteiger partial charge in [0.2, 0.25) is 0 Å². The predicted molar refractivity (Wildman–Crippen MR) is 52.7 cm³/mol. The van der Waals surface area contributed by atoms with Crippen molar-refractivity contribution in [1.29, 1.82) is 0 Å². The highest BCUT2D eigenvalue weighted by atomic mass is 14.1. The molecule has 0 nitrogen and oxygen atoms in total. The smallest absolute Gasteiger partial charge is 0.0234 e. The van der Waals surface area contributed by atoms with Crippen molar-refractivity contribution in [2.45, 2.75) is 53.9 Å². The van der Waals surface area contributed by atoms with Crippen LogP contribution in [0.3, 0.4) is 0 Å². The number of hydrogen-bond acceptors (Lipinski definition) is 0. The van der Waals surface area contributed by atoms with Gasteiger partial charge in [0.15, 0.2) is 0 Å². The van der Waals surface area contributed by atoms with Crippen LogP contribution in [-0.2, 0) is 0 Å². The molecule has 0 saturated heterocycles. The molecule has 0 N–H and O–H groups in total. The first kappa shape index (κ1) is 10.7. The third-order valence-electron chi connectivity index (χ3n) is 2.65. The summed E-state index contributed by atoms with van der Waals surface area (Å²) in [5, 5.41) is 0. The lowest BCUT2D eigenvalue weighted by Gasteiger charge is -2.12. The molecule has 0 bridgehead atoms. The first-order valence-corrected chi connectivity index (χ1v) is 4.79. The van der Waals surface area contributed by atoms with Crippen LogP contribution in [0.5, 0.6) is 0 Å². The third kappa shape index (κ3) is 3.60. The van der Waals surface area contributed by atoms with Gasteiger partial charge >= 0.3 is 0 Å². The molecule has 0 fully saturated rings. The average Bonchev–Trinajstić information content (AvgIpc) is 2.02. The lowest BCUT2D eigenvalue weighted by molar-refractivity contribution is 0.641. The molecular weight excluding hydrogens is 132 g/mol. The van der Waals surface area contributed by atoms with Crippen LogP contribution in [0.25, 0.3) is 0 Å². The monoisotopic (exact) mass is 154 g/mol. The fourth-order valence-corrected chi connectivity index (χ4v) is 1.30. The first-order chi connectivity index (χ1) is 5.13. The molecule has 0 aromatic rings. The van der Waals surface area contributed by atoms with Gasteiger partial charge in [0, 0.05) is 0 Å².